The highest BCUT2D eigenvalue weighted by molar-refractivity contribution is 7.09. The van der Waals surface area contributed by atoms with E-state index in [9.17, 15) is 0 Å². The molecule has 1 aromatic carbocycles. The molecule has 1 N–H and O–H groups in total. The van der Waals surface area contributed by atoms with Crippen molar-refractivity contribution in [1.82, 2.24) is 14.3 Å². The lowest BCUT2D eigenvalue weighted by Gasteiger charge is -2.03. The van der Waals surface area contributed by atoms with E-state index >= 15 is 0 Å². The van der Waals surface area contributed by atoms with Crippen molar-refractivity contribution in [3.05, 3.63) is 35.9 Å². The summed E-state index contributed by atoms with van der Waals surface area (Å²) >= 11 is 1.41. The molecule has 0 atom stereocenters. The molecule has 1 aliphatic carbocycles. The molecular formula is C15H14N4S. The first-order valence-corrected chi connectivity index (χ1v) is 7.54. The topological polar surface area (TPSA) is 50.7 Å². The number of pyridine rings is 1. The van der Waals surface area contributed by atoms with Crippen LogP contribution in [0, 0.1) is 6.92 Å². The molecule has 4 nitrogen and oxygen atoms in total. The number of para-hydroxylation sites is 1. The van der Waals surface area contributed by atoms with Gasteiger partial charge in [-0.15, -0.1) is 0 Å². The summed E-state index contributed by atoms with van der Waals surface area (Å²) in [6.07, 6.45) is 2.48. The Morgan fingerprint density at radius 3 is 2.90 bits per heavy atom. The smallest absolute Gasteiger partial charge is 0.203 e. The van der Waals surface area contributed by atoms with Crippen LogP contribution in [0.4, 0.5) is 5.13 Å². The van der Waals surface area contributed by atoms with Gasteiger partial charge in [-0.05, 0) is 37.5 Å². The Bertz CT molecular complexity index is 776. The van der Waals surface area contributed by atoms with E-state index in [1.165, 1.54) is 35.3 Å². The molecule has 0 saturated heterocycles. The largest absolute Gasteiger partial charge is 0.358 e. The van der Waals surface area contributed by atoms with Crippen LogP contribution in [0.1, 0.15) is 18.4 Å². The molecule has 0 spiro atoms. The minimum absolute atomic E-state index is 0.599. The highest BCUT2D eigenvalue weighted by Gasteiger charge is 2.22. The number of benzene rings is 1. The quantitative estimate of drug-likeness (QED) is 0.797. The number of hydrogen-bond donors (Lipinski definition) is 1. The molecule has 0 amide bonds. The first kappa shape index (κ1) is 11.8. The Hall–Kier alpha value is -2.01. The molecule has 3 aromatic rings. The average Bonchev–Trinajstić information content (AvgIpc) is 3.14. The van der Waals surface area contributed by atoms with Crippen molar-refractivity contribution in [1.29, 1.82) is 0 Å². The average molecular weight is 282 g/mol. The number of nitrogens with one attached hydrogen (secondary N) is 1. The number of fused-ring (bicyclic) bond motifs is 1. The highest BCUT2D eigenvalue weighted by atomic mass is 32.1. The van der Waals surface area contributed by atoms with Crippen LogP contribution < -0.4 is 5.32 Å². The van der Waals surface area contributed by atoms with Gasteiger partial charge in [-0.3, -0.25) is 0 Å². The maximum atomic E-state index is 4.67. The molecule has 0 aliphatic heterocycles. The highest BCUT2D eigenvalue weighted by Crippen LogP contribution is 2.28. The number of hydrogen-bond acceptors (Lipinski definition) is 5. The second-order valence-electron chi connectivity index (χ2n) is 5.18. The molecule has 1 aliphatic rings. The van der Waals surface area contributed by atoms with Crippen LogP contribution in [0.5, 0.6) is 0 Å². The molecule has 5 heteroatoms. The number of nitrogens with zero attached hydrogens (tertiary/aromatic N) is 3. The predicted molar refractivity (Wildman–Crippen MR) is 82.0 cm³/mol. The van der Waals surface area contributed by atoms with Crippen LogP contribution >= 0.6 is 11.5 Å². The van der Waals surface area contributed by atoms with Crippen LogP contribution in [0.3, 0.4) is 0 Å². The normalized spacial score (nSPS) is 14.7. The summed E-state index contributed by atoms with van der Waals surface area (Å²) in [4.78, 5) is 9.21. The van der Waals surface area contributed by atoms with Gasteiger partial charge < -0.3 is 5.32 Å². The summed E-state index contributed by atoms with van der Waals surface area (Å²) < 4.78 is 4.42. The van der Waals surface area contributed by atoms with E-state index in [2.05, 4.69) is 38.7 Å². The molecule has 0 radical (unpaired) electrons. The Labute approximate surface area is 121 Å². The first-order chi connectivity index (χ1) is 9.79. The van der Waals surface area contributed by atoms with Crippen molar-refractivity contribution in [2.45, 2.75) is 25.8 Å². The lowest BCUT2D eigenvalue weighted by molar-refractivity contribution is 1.13. The monoisotopic (exact) mass is 282 g/mol. The Kier molecular flexibility index (Phi) is 2.67. The number of aromatic nitrogens is 3. The molecule has 1 fully saturated rings. The fourth-order valence-corrected chi connectivity index (χ4v) is 2.91. The van der Waals surface area contributed by atoms with Gasteiger partial charge in [-0.2, -0.15) is 9.36 Å². The Balaban J connectivity index is 1.75. The Morgan fingerprint density at radius 1 is 1.20 bits per heavy atom. The second-order valence-corrected chi connectivity index (χ2v) is 5.94. The van der Waals surface area contributed by atoms with Gasteiger partial charge >= 0.3 is 0 Å². The minimum Gasteiger partial charge on any atom is -0.358 e. The summed E-state index contributed by atoms with van der Waals surface area (Å²) in [5, 5.41) is 5.46. The van der Waals surface area contributed by atoms with Crippen molar-refractivity contribution in [3.8, 4) is 11.5 Å². The summed E-state index contributed by atoms with van der Waals surface area (Å²) in [5.41, 5.74) is 3.05. The van der Waals surface area contributed by atoms with Crippen molar-refractivity contribution < 1.29 is 0 Å². The molecule has 2 aromatic heterocycles. The summed E-state index contributed by atoms with van der Waals surface area (Å²) in [6.45, 7) is 2.10. The summed E-state index contributed by atoms with van der Waals surface area (Å²) in [6, 6.07) is 10.8. The van der Waals surface area contributed by atoms with E-state index in [4.69, 9.17) is 0 Å². The predicted octanol–water partition coefficient (Wildman–Crippen LogP) is 3.64. The molecular weight excluding hydrogens is 268 g/mol. The fraction of sp³-hybridized carbons (Fsp3) is 0.267. The molecule has 4 rings (SSSR count). The number of anilines is 1. The lowest BCUT2D eigenvalue weighted by Crippen LogP contribution is -1.99. The van der Waals surface area contributed by atoms with Gasteiger partial charge in [0.1, 0.15) is 5.69 Å². The van der Waals surface area contributed by atoms with Crippen molar-refractivity contribution >= 4 is 27.6 Å². The van der Waals surface area contributed by atoms with Crippen molar-refractivity contribution in [3.63, 3.8) is 0 Å². The zero-order chi connectivity index (χ0) is 13.5. The number of rotatable bonds is 3. The zero-order valence-electron chi connectivity index (χ0n) is 11.1. The minimum atomic E-state index is 0.599. The van der Waals surface area contributed by atoms with Crippen LogP contribution in [-0.4, -0.2) is 20.4 Å². The molecule has 1 saturated carbocycles. The van der Waals surface area contributed by atoms with E-state index in [0.717, 1.165) is 16.3 Å². The third-order valence-corrected chi connectivity index (χ3v) is 4.13. The van der Waals surface area contributed by atoms with Crippen molar-refractivity contribution in [2.24, 2.45) is 0 Å². The van der Waals surface area contributed by atoms with E-state index in [1.54, 1.807) is 0 Å². The molecule has 0 bridgehead atoms. The maximum absolute atomic E-state index is 4.67. The van der Waals surface area contributed by atoms with Crippen molar-refractivity contribution in [2.75, 3.05) is 5.32 Å². The fourth-order valence-electron chi connectivity index (χ4n) is 2.25. The van der Waals surface area contributed by atoms with Gasteiger partial charge in [-0.25, -0.2) is 4.98 Å². The third kappa shape index (κ3) is 2.14. The molecule has 0 unspecified atom stereocenters. The molecule has 100 valence electrons. The molecule has 2 heterocycles. The van der Waals surface area contributed by atoms with E-state index in [1.807, 2.05) is 18.2 Å². The SMILES string of the molecule is Cc1cc(-c2nsc(NC3CC3)n2)nc2ccccc12. The zero-order valence-corrected chi connectivity index (χ0v) is 11.9. The van der Waals surface area contributed by atoms with E-state index < -0.39 is 0 Å². The maximum Gasteiger partial charge on any atom is 0.203 e. The van der Waals surface area contributed by atoms with Gasteiger partial charge in [0.15, 0.2) is 5.82 Å². The van der Waals surface area contributed by atoms with Gasteiger partial charge in [0.2, 0.25) is 5.13 Å². The lowest BCUT2D eigenvalue weighted by atomic mass is 10.1. The van der Waals surface area contributed by atoms with E-state index in [-0.39, 0.29) is 0 Å². The van der Waals surface area contributed by atoms with Crippen LogP contribution in [0.25, 0.3) is 22.4 Å². The van der Waals surface area contributed by atoms with Gasteiger partial charge in [-0.1, -0.05) is 18.2 Å². The van der Waals surface area contributed by atoms with Gasteiger partial charge in [0.05, 0.1) is 5.52 Å². The molecule has 20 heavy (non-hydrogen) atoms. The standard InChI is InChI=1S/C15H14N4S/c1-9-8-13(17-12-5-3-2-4-11(9)12)14-18-15(20-19-14)16-10-6-7-10/h2-5,8,10H,6-7H2,1H3,(H,16,18,19). The van der Waals surface area contributed by atoms with Crippen LogP contribution in [0.2, 0.25) is 0 Å². The second kappa shape index (κ2) is 4.52. The van der Waals surface area contributed by atoms with Crippen LogP contribution in [-0.2, 0) is 0 Å². The summed E-state index contributed by atoms with van der Waals surface area (Å²) in [7, 11) is 0. The first-order valence-electron chi connectivity index (χ1n) is 6.76. The summed E-state index contributed by atoms with van der Waals surface area (Å²) in [5.74, 6) is 0.715. The van der Waals surface area contributed by atoms with Gasteiger partial charge in [0.25, 0.3) is 0 Å². The Morgan fingerprint density at radius 2 is 2.05 bits per heavy atom. The third-order valence-electron chi connectivity index (χ3n) is 3.48. The van der Waals surface area contributed by atoms with Crippen LogP contribution in [0.15, 0.2) is 30.3 Å². The number of aryl methyl sites for hydroxylation is 1. The van der Waals surface area contributed by atoms with Gasteiger partial charge in [0, 0.05) is 23.0 Å². The van der Waals surface area contributed by atoms with E-state index in [0.29, 0.717) is 11.9 Å².